The monoisotopic (exact) mass is 367 g/mol. The number of hydrogen-bond donors (Lipinski definition) is 0. The highest BCUT2D eigenvalue weighted by Gasteiger charge is 2.13. The Balaban J connectivity index is 2.46. The van der Waals surface area contributed by atoms with Crippen LogP contribution in [0.1, 0.15) is 18.2 Å². The summed E-state index contributed by atoms with van der Waals surface area (Å²) in [5.74, 6) is 1.21. The Morgan fingerprint density at radius 1 is 1.44 bits per heavy atom. The number of nitrogens with zero attached hydrogens (tertiary/aromatic N) is 1. The van der Waals surface area contributed by atoms with Gasteiger partial charge < -0.3 is 4.42 Å². The first-order valence-electron chi connectivity index (χ1n) is 4.63. The SMILES string of the molecule is CC(Cl)c1ncc(-c2cc(Cl)ccc2I)o1. The van der Waals surface area contributed by atoms with Gasteiger partial charge >= 0.3 is 0 Å². The zero-order valence-electron chi connectivity index (χ0n) is 8.38. The van der Waals surface area contributed by atoms with Crippen LogP contribution < -0.4 is 0 Å². The van der Waals surface area contributed by atoms with Crippen molar-refractivity contribution in [2.75, 3.05) is 0 Å². The largest absolute Gasteiger partial charge is 0.439 e. The maximum atomic E-state index is 5.94. The second kappa shape index (κ2) is 4.94. The van der Waals surface area contributed by atoms with E-state index in [0.717, 1.165) is 9.13 Å². The van der Waals surface area contributed by atoms with Gasteiger partial charge in [0.15, 0.2) is 5.76 Å². The van der Waals surface area contributed by atoms with Crippen molar-refractivity contribution in [3.8, 4) is 11.3 Å². The van der Waals surface area contributed by atoms with Gasteiger partial charge in [-0.05, 0) is 47.7 Å². The van der Waals surface area contributed by atoms with Gasteiger partial charge in [-0.15, -0.1) is 11.6 Å². The van der Waals surface area contributed by atoms with Crippen molar-refractivity contribution < 1.29 is 4.42 Å². The molecule has 0 aliphatic carbocycles. The molecule has 1 aromatic carbocycles. The van der Waals surface area contributed by atoms with Crippen LogP contribution in [-0.2, 0) is 0 Å². The third-order valence-corrected chi connectivity index (χ3v) is 3.42. The van der Waals surface area contributed by atoms with Crippen molar-refractivity contribution in [2.45, 2.75) is 12.3 Å². The summed E-state index contributed by atoms with van der Waals surface area (Å²) in [6, 6.07) is 5.63. The van der Waals surface area contributed by atoms with Crippen molar-refractivity contribution in [1.82, 2.24) is 4.98 Å². The molecule has 2 rings (SSSR count). The van der Waals surface area contributed by atoms with E-state index in [0.29, 0.717) is 16.7 Å². The predicted molar refractivity (Wildman–Crippen MR) is 73.9 cm³/mol. The van der Waals surface area contributed by atoms with Gasteiger partial charge in [0.25, 0.3) is 0 Å². The molecule has 0 aliphatic rings. The smallest absolute Gasteiger partial charge is 0.212 e. The third kappa shape index (κ3) is 2.52. The van der Waals surface area contributed by atoms with Crippen LogP contribution in [0.25, 0.3) is 11.3 Å². The van der Waals surface area contributed by atoms with E-state index in [4.69, 9.17) is 27.6 Å². The Morgan fingerprint density at radius 3 is 2.81 bits per heavy atom. The molecule has 1 unspecified atom stereocenters. The van der Waals surface area contributed by atoms with Crippen molar-refractivity contribution in [1.29, 1.82) is 0 Å². The lowest BCUT2D eigenvalue weighted by Crippen LogP contribution is -1.82. The second-order valence-corrected chi connectivity index (χ2v) is 5.56. The molecular weight excluding hydrogens is 360 g/mol. The minimum atomic E-state index is -0.231. The summed E-state index contributed by atoms with van der Waals surface area (Å²) in [4.78, 5) is 4.12. The van der Waals surface area contributed by atoms with E-state index in [1.54, 1.807) is 6.20 Å². The fourth-order valence-corrected chi connectivity index (χ4v) is 2.16. The normalized spacial score (nSPS) is 12.8. The zero-order valence-corrected chi connectivity index (χ0v) is 12.0. The molecule has 0 saturated carbocycles. The summed E-state index contributed by atoms with van der Waals surface area (Å²) in [6.07, 6.45) is 1.67. The van der Waals surface area contributed by atoms with Crippen LogP contribution in [-0.4, -0.2) is 4.98 Å². The first-order valence-corrected chi connectivity index (χ1v) is 6.52. The average molecular weight is 368 g/mol. The fraction of sp³-hybridized carbons (Fsp3) is 0.182. The van der Waals surface area contributed by atoms with Gasteiger partial charge in [0.05, 0.1) is 6.20 Å². The first kappa shape index (κ1) is 12.2. The van der Waals surface area contributed by atoms with Crippen molar-refractivity contribution >= 4 is 45.8 Å². The van der Waals surface area contributed by atoms with Gasteiger partial charge in [0.1, 0.15) is 5.38 Å². The highest BCUT2D eigenvalue weighted by Crippen LogP contribution is 2.30. The number of rotatable bonds is 2. The Morgan fingerprint density at radius 2 is 2.19 bits per heavy atom. The number of hydrogen-bond acceptors (Lipinski definition) is 2. The third-order valence-electron chi connectivity index (χ3n) is 2.06. The molecule has 2 nitrogen and oxygen atoms in total. The molecule has 0 spiro atoms. The van der Waals surface area contributed by atoms with E-state index in [1.165, 1.54) is 0 Å². The molecule has 0 amide bonds. The van der Waals surface area contributed by atoms with E-state index in [-0.39, 0.29) is 5.38 Å². The molecule has 16 heavy (non-hydrogen) atoms. The highest BCUT2D eigenvalue weighted by atomic mass is 127. The molecule has 0 aliphatic heterocycles. The van der Waals surface area contributed by atoms with Crippen LogP contribution in [0.5, 0.6) is 0 Å². The molecule has 84 valence electrons. The number of oxazole rings is 1. The number of alkyl halides is 1. The minimum absolute atomic E-state index is 0.231. The average Bonchev–Trinajstić information content (AvgIpc) is 2.70. The first-order chi connectivity index (χ1) is 7.58. The van der Waals surface area contributed by atoms with Crippen molar-refractivity contribution in [3.05, 3.63) is 38.9 Å². The number of benzene rings is 1. The summed E-state index contributed by atoms with van der Waals surface area (Å²) in [5.41, 5.74) is 0.934. The van der Waals surface area contributed by atoms with Gasteiger partial charge in [-0.1, -0.05) is 11.6 Å². The highest BCUT2D eigenvalue weighted by molar-refractivity contribution is 14.1. The van der Waals surface area contributed by atoms with Crippen LogP contribution >= 0.6 is 45.8 Å². The van der Waals surface area contributed by atoms with Gasteiger partial charge in [0.2, 0.25) is 5.89 Å². The Labute approximate surface area is 117 Å². The molecular formula is C11H8Cl2INO. The lowest BCUT2D eigenvalue weighted by Gasteiger charge is -2.01. The molecule has 0 radical (unpaired) electrons. The molecule has 1 atom stereocenters. The van der Waals surface area contributed by atoms with Gasteiger partial charge in [-0.3, -0.25) is 0 Å². The Bertz CT molecular complexity index is 510. The lowest BCUT2D eigenvalue weighted by molar-refractivity contribution is 0.508. The van der Waals surface area contributed by atoms with Crippen LogP contribution in [0.4, 0.5) is 0 Å². The fourth-order valence-electron chi connectivity index (χ4n) is 1.28. The van der Waals surface area contributed by atoms with E-state index in [2.05, 4.69) is 27.6 Å². The topological polar surface area (TPSA) is 26.0 Å². The molecule has 0 bridgehead atoms. The Hall–Kier alpha value is -0.260. The van der Waals surface area contributed by atoms with Crippen LogP contribution in [0, 0.1) is 3.57 Å². The van der Waals surface area contributed by atoms with Crippen LogP contribution in [0.3, 0.4) is 0 Å². The predicted octanol–water partition coefficient (Wildman–Crippen LogP) is 4.90. The quantitative estimate of drug-likeness (QED) is 0.557. The summed E-state index contributed by atoms with van der Waals surface area (Å²) < 4.78 is 6.62. The minimum Gasteiger partial charge on any atom is -0.439 e. The lowest BCUT2D eigenvalue weighted by atomic mass is 10.2. The summed E-state index contributed by atoms with van der Waals surface area (Å²) >= 11 is 14.1. The second-order valence-electron chi connectivity index (χ2n) is 3.30. The van der Waals surface area contributed by atoms with Gasteiger partial charge in [0, 0.05) is 14.2 Å². The zero-order chi connectivity index (χ0) is 11.7. The van der Waals surface area contributed by atoms with Gasteiger partial charge in [-0.2, -0.15) is 0 Å². The maximum absolute atomic E-state index is 5.94. The summed E-state index contributed by atoms with van der Waals surface area (Å²) in [6.45, 7) is 1.82. The maximum Gasteiger partial charge on any atom is 0.212 e. The van der Waals surface area contributed by atoms with E-state index < -0.39 is 0 Å². The molecule has 1 heterocycles. The Kier molecular flexibility index (Phi) is 3.77. The molecule has 0 fully saturated rings. The molecule has 5 heteroatoms. The van der Waals surface area contributed by atoms with Crippen molar-refractivity contribution in [2.24, 2.45) is 0 Å². The molecule has 0 N–H and O–H groups in total. The summed E-state index contributed by atoms with van der Waals surface area (Å²) in [5, 5.41) is 0.442. The number of aromatic nitrogens is 1. The standard InChI is InChI=1S/C11H8Cl2INO/c1-6(12)11-15-5-10(16-11)8-4-7(13)2-3-9(8)14/h2-6H,1H3. The van der Waals surface area contributed by atoms with Crippen molar-refractivity contribution in [3.63, 3.8) is 0 Å². The summed E-state index contributed by atoms with van der Waals surface area (Å²) in [7, 11) is 0. The van der Waals surface area contributed by atoms with Gasteiger partial charge in [-0.25, -0.2) is 4.98 Å². The van der Waals surface area contributed by atoms with Crippen LogP contribution in [0.2, 0.25) is 5.02 Å². The number of halogens is 3. The van der Waals surface area contributed by atoms with E-state index in [9.17, 15) is 0 Å². The molecule has 0 saturated heterocycles. The van der Waals surface area contributed by atoms with E-state index in [1.807, 2.05) is 25.1 Å². The molecule has 1 aromatic heterocycles. The van der Waals surface area contributed by atoms with Crippen LogP contribution in [0.15, 0.2) is 28.8 Å². The van der Waals surface area contributed by atoms with E-state index >= 15 is 0 Å². The molecule has 2 aromatic rings.